The number of nitrogens with one attached hydrogen (secondary N) is 1. The molecular formula is C11H14N4O. The van der Waals surface area contributed by atoms with E-state index in [4.69, 9.17) is 4.52 Å². The van der Waals surface area contributed by atoms with Gasteiger partial charge in [0.2, 0.25) is 11.7 Å². The van der Waals surface area contributed by atoms with Crippen LogP contribution >= 0.6 is 0 Å². The molecule has 1 atom stereocenters. The maximum absolute atomic E-state index is 5.17. The molecule has 16 heavy (non-hydrogen) atoms. The second-order valence-electron chi connectivity index (χ2n) is 3.64. The Bertz CT molecular complexity index is 440. The maximum Gasteiger partial charge on any atom is 0.228 e. The van der Waals surface area contributed by atoms with Crippen LogP contribution in [0.15, 0.2) is 29.0 Å². The van der Waals surface area contributed by atoms with E-state index in [0.717, 1.165) is 12.0 Å². The molecule has 84 valence electrons. The average molecular weight is 218 g/mol. The minimum absolute atomic E-state index is 0.325. The molecule has 0 aliphatic rings. The van der Waals surface area contributed by atoms with E-state index in [-0.39, 0.29) is 0 Å². The third-order valence-electron chi connectivity index (χ3n) is 2.38. The highest BCUT2D eigenvalue weighted by molar-refractivity contribution is 5.52. The topological polar surface area (TPSA) is 63.8 Å². The summed E-state index contributed by atoms with van der Waals surface area (Å²) >= 11 is 0. The molecule has 5 nitrogen and oxygen atoms in total. The van der Waals surface area contributed by atoms with Crippen molar-refractivity contribution in [3.8, 4) is 11.4 Å². The first-order valence-electron chi connectivity index (χ1n) is 5.20. The highest BCUT2D eigenvalue weighted by Crippen LogP contribution is 2.14. The quantitative estimate of drug-likeness (QED) is 0.837. The fourth-order valence-electron chi connectivity index (χ4n) is 1.32. The summed E-state index contributed by atoms with van der Waals surface area (Å²) in [6.45, 7) is 2.07. The SMILES string of the molecule is CNC(C)Cc1nc(-c2ccncc2)no1. The van der Waals surface area contributed by atoms with Crippen molar-refractivity contribution in [2.24, 2.45) is 0 Å². The summed E-state index contributed by atoms with van der Waals surface area (Å²) in [7, 11) is 1.91. The van der Waals surface area contributed by atoms with E-state index in [1.54, 1.807) is 12.4 Å². The van der Waals surface area contributed by atoms with Gasteiger partial charge in [-0.05, 0) is 26.1 Å². The van der Waals surface area contributed by atoms with Crippen molar-refractivity contribution in [3.05, 3.63) is 30.4 Å². The molecule has 1 N–H and O–H groups in total. The Morgan fingerprint density at radius 1 is 1.38 bits per heavy atom. The second-order valence-corrected chi connectivity index (χ2v) is 3.64. The Morgan fingerprint density at radius 3 is 2.81 bits per heavy atom. The number of hydrogen-bond donors (Lipinski definition) is 1. The molecule has 0 spiro atoms. The molecular weight excluding hydrogens is 204 g/mol. The summed E-state index contributed by atoms with van der Waals surface area (Å²) in [6, 6.07) is 4.04. The van der Waals surface area contributed by atoms with Gasteiger partial charge >= 0.3 is 0 Å². The van der Waals surface area contributed by atoms with Gasteiger partial charge < -0.3 is 9.84 Å². The molecule has 2 heterocycles. The summed E-state index contributed by atoms with van der Waals surface area (Å²) in [5.74, 6) is 1.26. The van der Waals surface area contributed by atoms with Crippen molar-refractivity contribution in [2.45, 2.75) is 19.4 Å². The van der Waals surface area contributed by atoms with Crippen molar-refractivity contribution in [2.75, 3.05) is 7.05 Å². The number of rotatable bonds is 4. The molecule has 1 unspecified atom stereocenters. The van der Waals surface area contributed by atoms with Crippen LogP contribution in [0.25, 0.3) is 11.4 Å². The van der Waals surface area contributed by atoms with E-state index in [1.807, 2.05) is 19.2 Å². The molecule has 2 aromatic rings. The van der Waals surface area contributed by atoms with Gasteiger partial charge in [0.25, 0.3) is 0 Å². The zero-order valence-corrected chi connectivity index (χ0v) is 9.34. The van der Waals surface area contributed by atoms with Crippen LogP contribution in [-0.4, -0.2) is 28.2 Å². The molecule has 0 saturated carbocycles. The normalized spacial score (nSPS) is 12.6. The van der Waals surface area contributed by atoms with Gasteiger partial charge in [0.1, 0.15) is 0 Å². The molecule has 0 fully saturated rings. The number of hydrogen-bond acceptors (Lipinski definition) is 5. The molecule has 0 radical (unpaired) electrons. The van der Waals surface area contributed by atoms with Gasteiger partial charge in [-0.1, -0.05) is 5.16 Å². The first-order valence-corrected chi connectivity index (χ1v) is 5.20. The standard InChI is InChI=1S/C11H14N4O/c1-8(12-2)7-10-14-11(15-16-10)9-3-5-13-6-4-9/h3-6,8,12H,7H2,1-2H3. The summed E-state index contributed by atoms with van der Waals surface area (Å²) in [5.41, 5.74) is 0.919. The Hall–Kier alpha value is -1.75. The van der Waals surface area contributed by atoms with Gasteiger partial charge in [0.15, 0.2) is 0 Å². The van der Waals surface area contributed by atoms with Gasteiger partial charge in [-0.25, -0.2) is 0 Å². The minimum Gasteiger partial charge on any atom is -0.339 e. The molecule has 5 heteroatoms. The third-order valence-corrected chi connectivity index (χ3v) is 2.38. The number of nitrogens with zero attached hydrogens (tertiary/aromatic N) is 3. The molecule has 0 aliphatic heterocycles. The third kappa shape index (κ3) is 2.43. The lowest BCUT2D eigenvalue weighted by Crippen LogP contribution is -2.23. The number of pyridine rings is 1. The zero-order valence-electron chi connectivity index (χ0n) is 9.34. The van der Waals surface area contributed by atoms with Crippen LogP contribution in [0, 0.1) is 0 Å². The predicted molar refractivity (Wildman–Crippen MR) is 59.8 cm³/mol. The fraction of sp³-hybridized carbons (Fsp3) is 0.364. The number of likely N-dealkylation sites (N-methyl/N-ethyl adjacent to an activating group) is 1. The summed E-state index contributed by atoms with van der Waals surface area (Å²) in [6.07, 6.45) is 4.15. The van der Waals surface area contributed by atoms with Crippen LogP contribution in [0.2, 0.25) is 0 Å². The molecule has 0 bridgehead atoms. The van der Waals surface area contributed by atoms with Crippen LogP contribution in [0.4, 0.5) is 0 Å². The largest absolute Gasteiger partial charge is 0.339 e. The van der Waals surface area contributed by atoms with Gasteiger partial charge in [0.05, 0.1) is 0 Å². The Labute approximate surface area is 93.9 Å². The fourth-order valence-corrected chi connectivity index (χ4v) is 1.32. The van der Waals surface area contributed by atoms with E-state index in [2.05, 4.69) is 27.4 Å². The van der Waals surface area contributed by atoms with Crippen LogP contribution in [0.5, 0.6) is 0 Å². The van der Waals surface area contributed by atoms with E-state index in [1.165, 1.54) is 0 Å². The molecule has 0 saturated heterocycles. The smallest absolute Gasteiger partial charge is 0.228 e. The van der Waals surface area contributed by atoms with Crippen LogP contribution in [0.3, 0.4) is 0 Å². The van der Waals surface area contributed by atoms with Crippen molar-refractivity contribution < 1.29 is 4.52 Å². The average Bonchev–Trinajstić information content (AvgIpc) is 2.78. The van der Waals surface area contributed by atoms with E-state index in [9.17, 15) is 0 Å². The Balaban J connectivity index is 2.14. The first kappa shape index (κ1) is 10.8. The lowest BCUT2D eigenvalue weighted by Gasteiger charge is -2.04. The van der Waals surface area contributed by atoms with Gasteiger partial charge in [-0.15, -0.1) is 0 Å². The molecule has 0 aliphatic carbocycles. The lowest BCUT2D eigenvalue weighted by atomic mass is 10.2. The maximum atomic E-state index is 5.17. The summed E-state index contributed by atoms with van der Waals surface area (Å²) in [5, 5.41) is 7.06. The van der Waals surface area contributed by atoms with Gasteiger partial charge in [-0.3, -0.25) is 4.98 Å². The zero-order chi connectivity index (χ0) is 11.4. The van der Waals surface area contributed by atoms with Crippen molar-refractivity contribution >= 4 is 0 Å². The lowest BCUT2D eigenvalue weighted by molar-refractivity contribution is 0.365. The van der Waals surface area contributed by atoms with Gasteiger partial charge in [-0.2, -0.15) is 4.98 Å². The molecule has 2 rings (SSSR count). The van der Waals surface area contributed by atoms with E-state index >= 15 is 0 Å². The van der Waals surface area contributed by atoms with Crippen molar-refractivity contribution in [1.82, 2.24) is 20.4 Å². The first-order chi connectivity index (χ1) is 7.79. The molecule has 0 amide bonds. The number of aromatic nitrogens is 3. The van der Waals surface area contributed by atoms with Gasteiger partial charge in [0, 0.05) is 30.4 Å². The van der Waals surface area contributed by atoms with Crippen molar-refractivity contribution in [3.63, 3.8) is 0 Å². The summed E-state index contributed by atoms with van der Waals surface area (Å²) < 4.78 is 5.17. The van der Waals surface area contributed by atoms with E-state index < -0.39 is 0 Å². The van der Waals surface area contributed by atoms with E-state index in [0.29, 0.717) is 17.8 Å². The molecule has 0 aromatic carbocycles. The second kappa shape index (κ2) is 4.85. The Kier molecular flexibility index (Phi) is 3.26. The summed E-state index contributed by atoms with van der Waals surface area (Å²) in [4.78, 5) is 8.27. The highest BCUT2D eigenvalue weighted by atomic mass is 16.5. The monoisotopic (exact) mass is 218 g/mol. The Morgan fingerprint density at radius 2 is 2.12 bits per heavy atom. The molecule has 2 aromatic heterocycles. The van der Waals surface area contributed by atoms with Crippen LogP contribution in [0.1, 0.15) is 12.8 Å². The predicted octanol–water partition coefficient (Wildman–Crippen LogP) is 1.28. The minimum atomic E-state index is 0.325. The highest BCUT2D eigenvalue weighted by Gasteiger charge is 2.10. The van der Waals surface area contributed by atoms with Crippen molar-refractivity contribution in [1.29, 1.82) is 0 Å². The van der Waals surface area contributed by atoms with Crippen LogP contribution < -0.4 is 5.32 Å². The van der Waals surface area contributed by atoms with Crippen LogP contribution in [-0.2, 0) is 6.42 Å².